The van der Waals surface area contributed by atoms with E-state index in [2.05, 4.69) is 20.2 Å². The van der Waals surface area contributed by atoms with Crippen LogP contribution in [-0.4, -0.2) is 43.2 Å². The first-order chi connectivity index (χ1) is 14.8. The summed E-state index contributed by atoms with van der Waals surface area (Å²) < 4.78 is 33.5. The molecule has 11 heteroatoms. The molecule has 0 saturated heterocycles. The van der Waals surface area contributed by atoms with Gasteiger partial charge in [-0.3, -0.25) is 4.79 Å². The van der Waals surface area contributed by atoms with E-state index < -0.39 is 10.0 Å². The zero-order chi connectivity index (χ0) is 22.4. The summed E-state index contributed by atoms with van der Waals surface area (Å²) in [6, 6.07) is 12.0. The Balaban J connectivity index is 1.66. The summed E-state index contributed by atoms with van der Waals surface area (Å²) >= 11 is 1.46. The SMILES string of the molecule is CNS(=O)(=O)c1cc(/C=C/C(=O)Nc2ccc(Sc3nncn3C)cc2)ccc1OC. The van der Waals surface area contributed by atoms with Crippen LogP contribution in [0.2, 0.25) is 0 Å². The number of rotatable bonds is 8. The topological polar surface area (TPSA) is 115 Å². The maximum absolute atomic E-state index is 12.3. The van der Waals surface area contributed by atoms with Crippen LogP contribution >= 0.6 is 11.8 Å². The van der Waals surface area contributed by atoms with E-state index in [1.54, 1.807) is 24.5 Å². The molecular weight excluding hydrogens is 438 g/mol. The molecule has 0 aliphatic carbocycles. The fraction of sp³-hybridized carbons (Fsp3) is 0.150. The number of nitrogens with one attached hydrogen (secondary N) is 2. The van der Waals surface area contributed by atoms with Gasteiger partial charge in [0.2, 0.25) is 15.9 Å². The zero-order valence-electron chi connectivity index (χ0n) is 17.1. The Bertz CT molecular complexity index is 1200. The maximum Gasteiger partial charge on any atom is 0.248 e. The average molecular weight is 460 g/mol. The fourth-order valence-corrected chi connectivity index (χ4v) is 4.24. The molecular formula is C20H21N5O4S2. The van der Waals surface area contributed by atoms with Crippen LogP contribution in [0.15, 0.2) is 69.8 Å². The molecule has 1 amide bonds. The van der Waals surface area contributed by atoms with E-state index in [0.717, 1.165) is 10.1 Å². The molecule has 9 nitrogen and oxygen atoms in total. The number of aryl methyl sites for hydroxylation is 1. The van der Waals surface area contributed by atoms with Gasteiger partial charge in [-0.05, 0) is 66.8 Å². The van der Waals surface area contributed by atoms with Crippen LogP contribution < -0.4 is 14.8 Å². The lowest BCUT2D eigenvalue weighted by atomic mass is 10.2. The van der Waals surface area contributed by atoms with E-state index in [9.17, 15) is 13.2 Å². The Hall–Kier alpha value is -3.15. The predicted octanol–water partition coefficient (Wildman–Crippen LogP) is 2.53. The largest absolute Gasteiger partial charge is 0.495 e. The third-order valence-corrected chi connectivity index (χ3v) is 6.67. The lowest BCUT2D eigenvalue weighted by Gasteiger charge is -2.09. The molecule has 3 aromatic rings. The van der Waals surface area contributed by atoms with Gasteiger partial charge in [0.15, 0.2) is 5.16 Å². The monoisotopic (exact) mass is 459 g/mol. The lowest BCUT2D eigenvalue weighted by molar-refractivity contribution is -0.111. The second-order valence-corrected chi connectivity index (χ2v) is 9.19. The van der Waals surface area contributed by atoms with Gasteiger partial charge in [0.1, 0.15) is 17.0 Å². The first kappa shape index (κ1) is 22.5. The maximum atomic E-state index is 12.3. The second kappa shape index (κ2) is 9.77. The smallest absolute Gasteiger partial charge is 0.248 e. The van der Waals surface area contributed by atoms with Gasteiger partial charge in [0, 0.05) is 23.7 Å². The van der Waals surface area contributed by atoms with Crippen LogP contribution in [0.3, 0.4) is 0 Å². The number of anilines is 1. The molecule has 2 aromatic carbocycles. The van der Waals surface area contributed by atoms with Gasteiger partial charge in [0.05, 0.1) is 7.11 Å². The predicted molar refractivity (Wildman–Crippen MR) is 118 cm³/mol. The van der Waals surface area contributed by atoms with E-state index in [1.807, 2.05) is 23.7 Å². The van der Waals surface area contributed by atoms with Crippen molar-refractivity contribution >= 4 is 39.5 Å². The molecule has 31 heavy (non-hydrogen) atoms. The van der Waals surface area contributed by atoms with Gasteiger partial charge in [-0.15, -0.1) is 10.2 Å². The van der Waals surface area contributed by atoms with Crippen molar-refractivity contribution in [2.24, 2.45) is 7.05 Å². The zero-order valence-corrected chi connectivity index (χ0v) is 18.7. The van der Waals surface area contributed by atoms with E-state index >= 15 is 0 Å². The number of methoxy groups -OCH3 is 1. The molecule has 1 heterocycles. The van der Waals surface area contributed by atoms with Gasteiger partial charge >= 0.3 is 0 Å². The first-order valence-electron chi connectivity index (χ1n) is 9.05. The molecule has 0 unspecified atom stereocenters. The van der Waals surface area contributed by atoms with Gasteiger partial charge < -0.3 is 14.6 Å². The Morgan fingerprint density at radius 2 is 1.94 bits per heavy atom. The van der Waals surface area contributed by atoms with E-state index in [4.69, 9.17) is 4.74 Å². The summed E-state index contributed by atoms with van der Waals surface area (Å²) in [5.41, 5.74) is 1.17. The minimum atomic E-state index is -3.70. The number of nitrogens with zero attached hydrogens (tertiary/aromatic N) is 3. The molecule has 0 spiro atoms. The van der Waals surface area contributed by atoms with E-state index in [0.29, 0.717) is 11.3 Å². The average Bonchev–Trinajstić information content (AvgIpc) is 3.17. The number of sulfonamides is 1. The van der Waals surface area contributed by atoms with Crippen molar-refractivity contribution in [2.45, 2.75) is 14.9 Å². The van der Waals surface area contributed by atoms with E-state index in [-0.39, 0.29) is 16.6 Å². The van der Waals surface area contributed by atoms with Crippen molar-refractivity contribution in [3.8, 4) is 5.75 Å². The molecule has 0 atom stereocenters. The van der Waals surface area contributed by atoms with Gasteiger partial charge in [-0.1, -0.05) is 6.07 Å². The summed E-state index contributed by atoms with van der Waals surface area (Å²) in [7, 11) is 0.881. The van der Waals surface area contributed by atoms with Gasteiger partial charge in [0.25, 0.3) is 0 Å². The van der Waals surface area contributed by atoms with Crippen LogP contribution in [0.4, 0.5) is 5.69 Å². The minimum absolute atomic E-state index is 0.00365. The Labute approximate surface area is 184 Å². The van der Waals surface area contributed by atoms with Crippen molar-refractivity contribution in [1.82, 2.24) is 19.5 Å². The Morgan fingerprint density at radius 3 is 2.55 bits per heavy atom. The summed E-state index contributed by atoms with van der Waals surface area (Å²) in [6.07, 6.45) is 4.49. The quantitative estimate of drug-likeness (QED) is 0.497. The number of benzene rings is 2. The second-order valence-electron chi connectivity index (χ2n) is 6.29. The molecule has 0 fully saturated rings. The number of ether oxygens (including phenoxy) is 1. The van der Waals surface area contributed by atoms with Gasteiger partial charge in [-0.2, -0.15) is 0 Å². The van der Waals surface area contributed by atoms with Crippen LogP contribution in [0.5, 0.6) is 5.75 Å². The summed E-state index contributed by atoms with van der Waals surface area (Å²) in [6.45, 7) is 0. The highest BCUT2D eigenvalue weighted by Gasteiger charge is 2.17. The van der Waals surface area contributed by atoms with Crippen LogP contribution in [-0.2, 0) is 21.9 Å². The molecule has 162 valence electrons. The molecule has 0 bridgehead atoms. The molecule has 3 rings (SSSR count). The number of carbonyl (C=O) groups excluding carboxylic acids is 1. The Morgan fingerprint density at radius 1 is 1.19 bits per heavy atom. The molecule has 0 aliphatic heterocycles. The standard InChI is InChI=1S/C20H21N5O4S2/c1-21-31(27,28)18-12-14(4-10-17(18)29-3)5-11-19(26)23-15-6-8-16(9-7-15)30-20-24-22-13-25(20)2/h4-13,21H,1-3H3,(H,23,26)/b11-5+. The van der Waals surface area contributed by atoms with Crippen molar-refractivity contribution in [3.63, 3.8) is 0 Å². The molecule has 0 aliphatic rings. The van der Waals surface area contributed by atoms with Crippen molar-refractivity contribution in [1.29, 1.82) is 0 Å². The third-order valence-electron chi connectivity index (χ3n) is 4.17. The molecule has 2 N–H and O–H groups in total. The van der Waals surface area contributed by atoms with Crippen molar-refractivity contribution in [3.05, 3.63) is 60.4 Å². The third kappa shape index (κ3) is 5.72. The molecule has 0 radical (unpaired) electrons. The summed E-state index contributed by atoms with van der Waals surface area (Å²) in [5, 5.41) is 11.4. The van der Waals surface area contributed by atoms with Crippen molar-refractivity contribution < 1.29 is 17.9 Å². The molecule has 1 aromatic heterocycles. The lowest BCUT2D eigenvalue weighted by Crippen LogP contribution is -2.19. The van der Waals surface area contributed by atoms with Crippen LogP contribution in [0, 0.1) is 0 Å². The highest BCUT2D eigenvalue weighted by atomic mass is 32.2. The number of aromatic nitrogens is 3. The number of hydrogen-bond acceptors (Lipinski definition) is 7. The van der Waals surface area contributed by atoms with Gasteiger partial charge in [-0.25, -0.2) is 13.1 Å². The van der Waals surface area contributed by atoms with E-state index in [1.165, 1.54) is 50.2 Å². The normalized spacial score (nSPS) is 11.6. The minimum Gasteiger partial charge on any atom is -0.495 e. The fourth-order valence-electron chi connectivity index (χ4n) is 2.55. The highest BCUT2D eigenvalue weighted by molar-refractivity contribution is 7.99. The summed E-state index contributed by atoms with van der Waals surface area (Å²) in [5.74, 6) is -0.127. The highest BCUT2D eigenvalue weighted by Crippen LogP contribution is 2.27. The number of carbonyl (C=O) groups is 1. The Kier molecular flexibility index (Phi) is 7.10. The number of amides is 1. The van der Waals surface area contributed by atoms with Crippen molar-refractivity contribution in [2.75, 3.05) is 19.5 Å². The van der Waals surface area contributed by atoms with Crippen LogP contribution in [0.25, 0.3) is 6.08 Å². The first-order valence-corrected chi connectivity index (χ1v) is 11.3. The van der Waals surface area contributed by atoms with Crippen LogP contribution in [0.1, 0.15) is 5.56 Å². The molecule has 0 saturated carbocycles. The summed E-state index contributed by atoms with van der Waals surface area (Å²) in [4.78, 5) is 13.2. The number of hydrogen-bond donors (Lipinski definition) is 2.